The maximum Gasteiger partial charge on any atom is 0.225 e. The summed E-state index contributed by atoms with van der Waals surface area (Å²) < 4.78 is 13.2. The van der Waals surface area contributed by atoms with Gasteiger partial charge >= 0.3 is 0 Å². The van der Waals surface area contributed by atoms with E-state index in [0.717, 1.165) is 43.1 Å². The molecular weight excluding hydrogens is 267 g/mol. The van der Waals surface area contributed by atoms with Crippen LogP contribution >= 0.6 is 0 Å². The van der Waals surface area contributed by atoms with Crippen molar-refractivity contribution < 1.29 is 4.39 Å². The smallest absolute Gasteiger partial charge is 0.225 e. The highest BCUT2D eigenvalue weighted by atomic mass is 19.1. The first-order valence-corrected chi connectivity index (χ1v) is 7.27. The van der Waals surface area contributed by atoms with E-state index < -0.39 is 0 Å². The lowest BCUT2D eigenvalue weighted by Crippen LogP contribution is -2.40. The summed E-state index contributed by atoms with van der Waals surface area (Å²) in [5.41, 5.74) is 7.74. The maximum absolute atomic E-state index is 13.2. The first-order valence-electron chi connectivity index (χ1n) is 7.27. The first kappa shape index (κ1) is 13.9. The Morgan fingerprint density at radius 2 is 2.05 bits per heavy atom. The molecule has 0 amide bonds. The lowest BCUT2D eigenvalue weighted by atomic mass is 10.1. The van der Waals surface area contributed by atoms with E-state index in [9.17, 15) is 4.39 Å². The van der Waals surface area contributed by atoms with Crippen molar-refractivity contribution in [2.75, 3.05) is 18.0 Å². The zero-order valence-electron chi connectivity index (χ0n) is 11.9. The Morgan fingerprint density at radius 1 is 1.24 bits per heavy atom. The van der Waals surface area contributed by atoms with Gasteiger partial charge in [-0.3, -0.25) is 0 Å². The van der Waals surface area contributed by atoms with Gasteiger partial charge in [-0.15, -0.1) is 0 Å². The van der Waals surface area contributed by atoms with Crippen LogP contribution in [0.15, 0.2) is 36.5 Å². The van der Waals surface area contributed by atoms with E-state index in [2.05, 4.69) is 14.9 Å². The maximum atomic E-state index is 13.2. The predicted molar refractivity (Wildman–Crippen MR) is 80.7 cm³/mol. The highest BCUT2D eigenvalue weighted by Gasteiger charge is 2.18. The van der Waals surface area contributed by atoms with Crippen LogP contribution in [0.3, 0.4) is 0 Å². The molecule has 3 rings (SSSR count). The molecule has 1 fully saturated rings. The lowest BCUT2D eigenvalue weighted by molar-refractivity contribution is 0.495. The molecule has 0 spiro atoms. The predicted octanol–water partition coefficient (Wildman–Crippen LogP) is 2.13. The normalized spacial score (nSPS) is 16.2. The fourth-order valence-electron chi connectivity index (χ4n) is 2.59. The molecule has 110 valence electrons. The molecular formula is C16H19FN4. The van der Waals surface area contributed by atoms with Gasteiger partial charge in [0.25, 0.3) is 0 Å². The zero-order chi connectivity index (χ0) is 14.7. The van der Waals surface area contributed by atoms with E-state index >= 15 is 0 Å². The van der Waals surface area contributed by atoms with Crippen molar-refractivity contribution >= 4 is 5.95 Å². The highest BCUT2D eigenvalue weighted by molar-refractivity contribution is 5.32. The molecule has 0 unspecified atom stereocenters. The van der Waals surface area contributed by atoms with E-state index in [1.54, 1.807) is 18.3 Å². The van der Waals surface area contributed by atoms with Crippen LogP contribution in [0.4, 0.5) is 10.3 Å². The minimum atomic E-state index is -0.216. The molecule has 0 saturated carbocycles. The summed E-state index contributed by atoms with van der Waals surface area (Å²) in [5.74, 6) is 0.530. The van der Waals surface area contributed by atoms with Crippen LogP contribution in [-0.2, 0) is 6.42 Å². The number of piperidine rings is 1. The summed E-state index contributed by atoms with van der Waals surface area (Å²) in [7, 11) is 0. The number of nitrogens with two attached hydrogens (primary N) is 1. The third kappa shape index (κ3) is 3.55. The number of benzene rings is 1. The van der Waals surface area contributed by atoms with Gasteiger partial charge in [-0.05, 0) is 36.6 Å². The second-order valence-electron chi connectivity index (χ2n) is 5.48. The van der Waals surface area contributed by atoms with Gasteiger partial charge < -0.3 is 10.6 Å². The first-order chi connectivity index (χ1) is 10.2. The Hall–Kier alpha value is -2.01. The van der Waals surface area contributed by atoms with Gasteiger partial charge in [-0.25, -0.2) is 14.4 Å². The largest absolute Gasteiger partial charge is 0.341 e. The zero-order valence-corrected chi connectivity index (χ0v) is 11.9. The summed E-state index contributed by atoms with van der Waals surface area (Å²) in [6.45, 7) is 1.79. The molecule has 2 heterocycles. The Labute approximate surface area is 123 Å². The van der Waals surface area contributed by atoms with E-state index in [0.29, 0.717) is 6.42 Å². The molecule has 0 radical (unpaired) electrons. The molecule has 2 aromatic rings. The van der Waals surface area contributed by atoms with Crippen molar-refractivity contribution in [1.29, 1.82) is 0 Å². The summed E-state index contributed by atoms with van der Waals surface area (Å²) in [6.07, 6.45) is 4.32. The van der Waals surface area contributed by atoms with Gasteiger partial charge in [0.2, 0.25) is 5.95 Å². The number of aromatic nitrogens is 2. The summed E-state index contributed by atoms with van der Waals surface area (Å²) in [4.78, 5) is 11.1. The molecule has 0 atom stereocenters. The molecule has 0 bridgehead atoms. The van der Waals surface area contributed by atoms with E-state index in [1.807, 2.05) is 12.1 Å². The summed E-state index contributed by atoms with van der Waals surface area (Å²) in [5, 5.41) is 0. The van der Waals surface area contributed by atoms with Crippen LogP contribution in [0.5, 0.6) is 0 Å². The average Bonchev–Trinajstić information content (AvgIpc) is 2.48. The van der Waals surface area contributed by atoms with Crippen LogP contribution in [0.1, 0.15) is 24.1 Å². The molecule has 1 aromatic heterocycles. The molecule has 0 aliphatic carbocycles. The number of hydrogen-bond acceptors (Lipinski definition) is 4. The van der Waals surface area contributed by atoms with Gasteiger partial charge in [-0.1, -0.05) is 12.1 Å². The van der Waals surface area contributed by atoms with Crippen molar-refractivity contribution in [2.45, 2.75) is 25.3 Å². The minimum Gasteiger partial charge on any atom is -0.341 e. The molecule has 1 aromatic carbocycles. The number of rotatable bonds is 3. The van der Waals surface area contributed by atoms with Crippen molar-refractivity contribution in [2.24, 2.45) is 5.73 Å². The number of halogens is 1. The molecule has 2 N–H and O–H groups in total. The fraction of sp³-hybridized carbons (Fsp3) is 0.375. The van der Waals surface area contributed by atoms with Crippen LogP contribution < -0.4 is 10.6 Å². The second-order valence-corrected chi connectivity index (χ2v) is 5.48. The molecule has 1 aliphatic rings. The Morgan fingerprint density at radius 3 is 2.81 bits per heavy atom. The van der Waals surface area contributed by atoms with Crippen LogP contribution in [-0.4, -0.2) is 29.1 Å². The Bertz CT molecular complexity index is 609. The Kier molecular flexibility index (Phi) is 4.10. The van der Waals surface area contributed by atoms with Crippen molar-refractivity contribution in [1.82, 2.24) is 9.97 Å². The molecule has 5 heteroatoms. The van der Waals surface area contributed by atoms with Gasteiger partial charge in [0.05, 0.1) is 5.69 Å². The van der Waals surface area contributed by atoms with Crippen molar-refractivity contribution in [3.05, 3.63) is 53.6 Å². The number of hydrogen-bond donors (Lipinski definition) is 1. The third-order valence-corrected chi connectivity index (χ3v) is 3.80. The highest BCUT2D eigenvalue weighted by Crippen LogP contribution is 2.16. The lowest BCUT2D eigenvalue weighted by Gasteiger charge is -2.30. The van der Waals surface area contributed by atoms with E-state index in [1.165, 1.54) is 6.07 Å². The SMILES string of the molecule is NC1CCN(c2nccc(Cc3cccc(F)c3)n2)CC1. The summed E-state index contributed by atoms with van der Waals surface area (Å²) >= 11 is 0. The van der Waals surface area contributed by atoms with Crippen LogP contribution in [0, 0.1) is 5.82 Å². The topological polar surface area (TPSA) is 55.0 Å². The fourth-order valence-corrected chi connectivity index (χ4v) is 2.59. The number of anilines is 1. The van der Waals surface area contributed by atoms with Gasteiger partial charge in [-0.2, -0.15) is 0 Å². The van der Waals surface area contributed by atoms with Crippen molar-refractivity contribution in [3.63, 3.8) is 0 Å². The van der Waals surface area contributed by atoms with Crippen LogP contribution in [0.2, 0.25) is 0 Å². The quantitative estimate of drug-likeness (QED) is 0.939. The molecule has 1 saturated heterocycles. The molecule has 21 heavy (non-hydrogen) atoms. The van der Waals surface area contributed by atoms with Gasteiger partial charge in [0.1, 0.15) is 5.82 Å². The standard InChI is InChI=1S/C16H19FN4/c17-13-3-1-2-12(10-13)11-15-4-7-19-16(20-15)21-8-5-14(18)6-9-21/h1-4,7,10,14H,5-6,8-9,11,18H2. The third-order valence-electron chi connectivity index (χ3n) is 3.80. The van der Waals surface area contributed by atoms with Gasteiger partial charge in [0, 0.05) is 31.7 Å². The van der Waals surface area contributed by atoms with E-state index in [4.69, 9.17) is 5.73 Å². The Balaban J connectivity index is 1.74. The summed E-state index contributed by atoms with van der Waals surface area (Å²) in [6, 6.07) is 8.79. The average molecular weight is 286 g/mol. The van der Waals surface area contributed by atoms with E-state index in [-0.39, 0.29) is 11.9 Å². The molecule has 4 nitrogen and oxygen atoms in total. The number of nitrogens with zero attached hydrogens (tertiary/aromatic N) is 3. The van der Waals surface area contributed by atoms with Crippen LogP contribution in [0.25, 0.3) is 0 Å². The monoisotopic (exact) mass is 286 g/mol. The minimum absolute atomic E-state index is 0.216. The van der Waals surface area contributed by atoms with Gasteiger partial charge in [0.15, 0.2) is 0 Å². The second kappa shape index (κ2) is 6.18. The molecule has 1 aliphatic heterocycles. The van der Waals surface area contributed by atoms with Crippen molar-refractivity contribution in [3.8, 4) is 0 Å².